The number of aryl methyl sites for hydroxylation is 1. The first-order valence-corrected chi connectivity index (χ1v) is 5.05. The lowest BCUT2D eigenvalue weighted by molar-refractivity contribution is -0.158. The number of hydrogen-bond donors (Lipinski definition) is 0. The van der Waals surface area contributed by atoms with Crippen molar-refractivity contribution in [1.82, 2.24) is 14.3 Å². The molecule has 0 aromatic carbocycles. The van der Waals surface area contributed by atoms with E-state index < -0.39 is 17.6 Å². The average molecular weight is 227 g/mol. The van der Waals surface area contributed by atoms with Crippen molar-refractivity contribution in [3.05, 3.63) is 16.8 Å². The minimum absolute atomic E-state index is 0.335. The van der Waals surface area contributed by atoms with Crippen LogP contribution in [0, 0.1) is 0 Å². The van der Waals surface area contributed by atoms with E-state index in [1.165, 1.54) is 10.9 Å². The Morgan fingerprint density at radius 3 is 2.44 bits per heavy atom. The summed E-state index contributed by atoms with van der Waals surface area (Å²) >= 11 is 0. The molecule has 90 valence electrons. The molecule has 0 radical (unpaired) electrons. The number of esters is 1. The second-order valence-corrected chi connectivity index (χ2v) is 4.68. The predicted molar refractivity (Wildman–Crippen MR) is 58.0 cm³/mol. The van der Waals surface area contributed by atoms with Crippen molar-refractivity contribution in [2.75, 3.05) is 0 Å². The molecule has 1 aromatic heterocycles. The molecule has 0 amide bonds. The van der Waals surface area contributed by atoms with Gasteiger partial charge in [-0.15, -0.1) is 0 Å². The average Bonchev–Trinajstić information content (AvgIpc) is 2.44. The van der Waals surface area contributed by atoms with Crippen LogP contribution < -0.4 is 5.69 Å². The topological polar surface area (TPSA) is 66.1 Å². The maximum Gasteiger partial charge on any atom is 0.346 e. The largest absolute Gasteiger partial charge is 0.458 e. The second-order valence-electron chi connectivity index (χ2n) is 4.68. The molecule has 1 aromatic rings. The van der Waals surface area contributed by atoms with Crippen LogP contribution in [0.3, 0.4) is 0 Å². The van der Waals surface area contributed by atoms with Crippen molar-refractivity contribution in [1.29, 1.82) is 0 Å². The maximum atomic E-state index is 11.7. The van der Waals surface area contributed by atoms with Crippen molar-refractivity contribution in [3.63, 3.8) is 0 Å². The Labute approximate surface area is 93.8 Å². The first-order chi connectivity index (χ1) is 7.22. The van der Waals surface area contributed by atoms with Crippen molar-refractivity contribution < 1.29 is 9.53 Å². The van der Waals surface area contributed by atoms with Gasteiger partial charge in [-0.1, -0.05) is 0 Å². The highest BCUT2D eigenvalue weighted by Crippen LogP contribution is 2.12. The Morgan fingerprint density at radius 2 is 2.06 bits per heavy atom. The minimum Gasteiger partial charge on any atom is -0.458 e. The van der Waals surface area contributed by atoms with Gasteiger partial charge >= 0.3 is 11.7 Å². The van der Waals surface area contributed by atoms with Gasteiger partial charge in [-0.05, 0) is 27.7 Å². The molecule has 0 spiro atoms. The predicted octanol–water partition coefficient (Wildman–Crippen LogP) is 0.485. The Kier molecular flexibility index (Phi) is 3.21. The lowest BCUT2D eigenvalue weighted by Gasteiger charge is -2.21. The van der Waals surface area contributed by atoms with Gasteiger partial charge in [-0.3, -0.25) is 4.57 Å². The zero-order valence-electron chi connectivity index (χ0n) is 10.2. The van der Waals surface area contributed by atoms with Crippen LogP contribution in [0.1, 0.15) is 33.7 Å². The molecule has 0 N–H and O–H groups in total. The summed E-state index contributed by atoms with van der Waals surface area (Å²) < 4.78 is 7.58. The highest BCUT2D eigenvalue weighted by Gasteiger charge is 2.24. The second kappa shape index (κ2) is 4.11. The summed E-state index contributed by atoms with van der Waals surface area (Å²) in [7, 11) is 1.58. The highest BCUT2D eigenvalue weighted by molar-refractivity contribution is 5.73. The van der Waals surface area contributed by atoms with E-state index in [2.05, 4.69) is 5.10 Å². The van der Waals surface area contributed by atoms with Crippen molar-refractivity contribution in [2.24, 2.45) is 7.05 Å². The Balaban J connectivity index is 2.87. The third-order valence-corrected chi connectivity index (χ3v) is 1.96. The lowest BCUT2D eigenvalue weighted by Crippen LogP contribution is -2.34. The molecule has 1 rings (SSSR count). The smallest absolute Gasteiger partial charge is 0.346 e. The summed E-state index contributed by atoms with van der Waals surface area (Å²) in [4.78, 5) is 23.2. The summed E-state index contributed by atoms with van der Waals surface area (Å²) in [5.41, 5.74) is -0.901. The molecule has 1 unspecified atom stereocenters. The van der Waals surface area contributed by atoms with E-state index in [9.17, 15) is 9.59 Å². The van der Waals surface area contributed by atoms with E-state index in [1.54, 1.807) is 34.7 Å². The van der Waals surface area contributed by atoms with Gasteiger partial charge in [0, 0.05) is 7.05 Å². The molecule has 16 heavy (non-hydrogen) atoms. The normalized spacial score (nSPS) is 13.6. The number of rotatable bonds is 2. The van der Waals surface area contributed by atoms with Gasteiger partial charge < -0.3 is 4.74 Å². The highest BCUT2D eigenvalue weighted by atomic mass is 16.6. The molecular weight excluding hydrogens is 210 g/mol. The third-order valence-electron chi connectivity index (χ3n) is 1.96. The van der Waals surface area contributed by atoms with Crippen molar-refractivity contribution >= 4 is 5.97 Å². The summed E-state index contributed by atoms with van der Waals surface area (Å²) in [6.45, 7) is 6.92. The fourth-order valence-electron chi connectivity index (χ4n) is 1.15. The molecule has 0 aliphatic carbocycles. The number of carbonyl (C=O) groups excluding carboxylic acids is 1. The van der Waals surface area contributed by atoms with Crippen LogP contribution in [0.2, 0.25) is 0 Å². The molecule has 0 fully saturated rings. The van der Waals surface area contributed by atoms with Crippen molar-refractivity contribution in [3.8, 4) is 0 Å². The Bertz CT molecular complexity index is 439. The summed E-state index contributed by atoms with van der Waals surface area (Å²) in [5, 5.41) is 3.83. The van der Waals surface area contributed by atoms with Gasteiger partial charge in [0.25, 0.3) is 0 Å². The number of carbonyl (C=O) groups is 1. The van der Waals surface area contributed by atoms with Gasteiger partial charge in [0.1, 0.15) is 11.9 Å². The zero-order valence-corrected chi connectivity index (χ0v) is 10.2. The van der Waals surface area contributed by atoms with Gasteiger partial charge in [0.05, 0.1) is 0 Å². The van der Waals surface area contributed by atoms with E-state index in [-0.39, 0.29) is 5.69 Å². The summed E-state index contributed by atoms with van der Waals surface area (Å²) in [6.07, 6.45) is 1.36. The van der Waals surface area contributed by atoms with Crippen LogP contribution in [-0.2, 0) is 16.6 Å². The molecule has 0 saturated carbocycles. The third kappa shape index (κ3) is 2.71. The number of hydrogen-bond acceptors (Lipinski definition) is 4. The van der Waals surface area contributed by atoms with Crippen LogP contribution in [0.4, 0.5) is 0 Å². The van der Waals surface area contributed by atoms with E-state index in [0.717, 1.165) is 4.68 Å². The fraction of sp³-hybridized carbons (Fsp3) is 0.700. The molecule has 1 atom stereocenters. The van der Waals surface area contributed by atoms with Crippen LogP contribution in [0.5, 0.6) is 0 Å². The minimum atomic E-state index is -0.715. The Hall–Kier alpha value is -1.59. The van der Waals surface area contributed by atoms with E-state index >= 15 is 0 Å². The van der Waals surface area contributed by atoms with Gasteiger partial charge in [0.2, 0.25) is 0 Å². The Morgan fingerprint density at radius 1 is 1.50 bits per heavy atom. The number of nitrogens with zero attached hydrogens (tertiary/aromatic N) is 3. The fourth-order valence-corrected chi connectivity index (χ4v) is 1.15. The van der Waals surface area contributed by atoms with E-state index in [4.69, 9.17) is 4.74 Å². The molecule has 0 bridgehead atoms. The van der Waals surface area contributed by atoms with Crippen molar-refractivity contribution in [2.45, 2.75) is 39.3 Å². The molecule has 6 nitrogen and oxygen atoms in total. The molecule has 0 saturated heterocycles. The van der Waals surface area contributed by atoms with Gasteiger partial charge in [-0.2, -0.15) is 9.78 Å². The standard InChI is InChI=1S/C10H17N3O3/c1-7(8(14)16-10(2,3)4)13-9(15)12(5)6-11-13/h6-7H,1-5H3. The van der Waals surface area contributed by atoms with Gasteiger partial charge in [0.15, 0.2) is 6.04 Å². The molecule has 6 heteroatoms. The molecule has 0 aliphatic heterocycles. The summed E-state index contributed by atoms with van der Waals surface area (Å²) in [6, 6.07) is -0.715. The summed E-state index contributed by atoms with van der Waals surface area (Å²) in [5.74, 6) is -0.465. The maximum absolute atomic E-state index is 11.7. The van der Waals surface area contributed by atoms with Crippen LogP contribution in [0.15, 0.2) is 11.1 Å². The molecule has 1 heterocycles. The quantitative estimate of drug-likeness (QED) is 0.689. The van der Waals surface area contributed by atoms with Crippen LogP contribution in [-0.4, -0.2) is 25.9 Å². The van der Waals surface area contributed by atoms with Crippen LogP contribution in [0.25, 0.3) is 0 Å². The van der Waals surface area contributed by atoms with Crippen LogP contribution >= 0.6 is 0 Å². The molecular formula is C10H17N3O3. The van der Waals surface area contributed by atoms with E-state index in [0.29, 0.717) is 0 Å². The zero-order chi connectivity index (χ0) is 12.5. The lowest BCUT2D eigenvalue weighted by atomic mass is 10.2. The number of aromatic nitrogens is 3. The van der Waals surface area contributed by atoms with E-state index in [1.807, 2.05) is 0 Å². The monoisotopic (exact) mass is 227 g/mol. The SMILES string of the molecule is CC(C(=O)OC(C)(C)C)n1ncn(C)c1=O. The molecule has 0 aliphatic rings. The first-order valence-electron chi connectivity index (χ1n) is 5.05. The number of ether oxygens (including phenoxy) is 1. The first kappa shape index (κ1) is 12.5. The van der Waals surface area contributed by atoms with Gasteiger partial charge in [-0.25, -0.2) is 9.59 Å².